The maximum absolute atomic E-state index is 11.5. The molecule has 0 aromatic heterocycles. The summed E-state index contributed by atoms with van der Waals surface area (Å²) in [5.74, 6) is -0.0251. The number of nitrogens with one attached hydrogen (secondary N) is 1. The van der Waals surface area contributed by atoms with Crippen LogP contribution in [0.5, 0.6) is 0 Å². The summed E-state index contributed by atoms with van der Waals surface area (Å²) >= 11 is 0. The van der Waals surface area contributed by atoms with Gasteiger partial charge in [0.2, 0.25) is 11.8 Å². The number of hydrogen-bond acceptors (Lipinski definition) is 3. The first-order chi connectivity index (χ1) is 7.40. The molecule has 5 heteroatoms. The second-order valence-corrected chi connectivity index (χ2v) is 4.24. The van der Waals surface area contributed by atoms with Gasteiger partial charge in [0.05, 0.1) is 6.04 Å². The summed E-state index contributed by atoms with van der Waals surface area (Å²) in [5.41, 5.74) is 5.74. The van der Waals surface area contributed by atoms with E-state index < -0.39 is 6.04 Å². The van der Waals surface area contributed by atoms with Crippen molar-refractivity contribution in [2.75, 3.05) is 20.6 Å². The van der Waals surface area contributed by atoms with Gasteiger partial charge in [0.15, 0.2) is 0 Å². The molecule has 0 spiro atoms. The third-order valence-electron chi connectivity index (χ3n) is 2.70. The molecule has 0 aliphatic carbocycles. The van der Waals surface area contributed by atoms with Crippen LogP contribution in [0, 0.1) is 5.92 Å². The Morgan fingerprint density at radius 2 is 1.94 bits per heavy atom. The molecule has 0 aromatic rings. The predicted octanol–water partition coefficient (Wildman–Crippen LogP) is -0.0457. The molecule has 5 nitrogen and oxygen atoms in total. The van der Waals surface area contributed by atoms with Crippen molar-refractivity contribution in [1.82, 2.24) is 10.2 Å². The maximum atomic E-state index is 11.5. The van der Waals surface area contributed by atoms with Crippen molar-refractivity contribution >= 4 is 11.8 Å². The summed E-state index contributed by atoms with van der Waals surface area (Å²) in [5, 5.41) is 2.67. The van der Waals surface area contributed by atoms with E-state index in [9.17, 15) is 9.59 Å². The largest absolute Gasteiger partial charge is 0.354 e. The minimum absolute atomic E-state index is 0.00240. The number of nitrogens with two attached hydrogens (primary N) is 1. The van der Waals surface area contributed by atoms with Crippen molar-refractivity contribution in [2.24, 2.45) is 11.7 Å². The van der Waals surface area contributed by atoms with E-state index in [1.807, 2.05) is 13.8 Å². The molecule has 3 N–H and O–H groups in total. The number of rotatable bonds is 6. The van der Waals surface area contributed by atoms with E-state index in [0.717, 1.165) is 6.42 Å². The summed E-state index contributed by atoms with van der Waals surface area (Å²) < 4.78 is 0. The van der Waals surface area contributed by atoms with Crippen molar-refractivity contribution in [2.45, 2.75) is 32.7 Å². The monoisotopic (exact) mass is 229 g/mol. The van der Waals surface area contributed by atoms with Crippen molar-refractivity contribution in [3.8, 4) is 0 Å². The Morgan fingerprint density at radius 3 is 2.38 bits per heavy atom. The number of carbonyl (C=O) groups is 2. The predicted molar refractivity (Wildman–Crippen MR) is 63.8 cm³/mol. The Morgan fingerprint density at radius 1 is 1.38 bits per heavy atom. The van der Waals surface area contributed by atoms with Crippen LogP contribution in [0.2, 0.25) is 0 Å². The topological polar surface area (TPSA) is 75.4 Å². The van der Waals surface area contributed by atoms with E-state index in [4.69, 9.17) is 5.73 Å². The summed E-state index contributed by atoms with van der Waals surface area (Å²) in [4.78, 5) is 24.3. The van der Waals surface area contributed by atoms with Gasteiger partial charge >= 0.3 is 0 Å². The summed E-state index contributed by atoms with van der Waals surface area (Å²) in [7, 11) is 3.38. The van der Waals surface area contributed by atoms with Crippen molar-refractivity contribution in [3.63, 3.8) is 0 Å². The van der Waals surface area contributed by atoms with Crippen molar-refractivity contribution in [3.05, 3.63) is 0 Å². The zero-order chi connectivity index (χ0) is 12.7. The van der Waals surface area contributed by atoms with E-state index >= 15 is 0 Å². The van der Waals surface area contributed by atoms with Gasteiger partial charge in [0, 0.05) is 27.1 Å². The SMILES string of the molecule is CCC(C)C(N)C(=O)NCCC(=O)N(C)C. The third kappa shape index (κ3) is 5.11. The van der Waals surface area contributed by atoms with Gasteiger partial charge < -0.3 is 16.0 Å². The molecule has 0 aromatic carbocycles. The number of hydrogen-bond donors (Lipinski definition) is 2. The lowest BCUT2D eigenvalue weighted by Crippen LogP contribution is -2.45. The fraction of sp³-hybridized carbons (Fsp3) is 0.818. The molecule has 0 saturated carbocycles. The molecule has 0 aliphatic rings. The molecule has 0 bridgehead atoms. The van der Waals surface area contributed by atoms with Gasteiger partial charge in [-0.15, -0.1) is 0 Å². The Kier molecular flexibility index (Phi) is 6.72. The van der Waals surface area contributed by atoms with Crippen LogP contribution < -0.4 is 11.1 Å². The minimum Gasteiger partial charge on any atom is -0.354 e. The fourth-order valence-corrected chi connectivity index (χ4v) is 1.15. The second kappa shape index (κ2) is 7.22. The highest BCUT2D eigenvalue weighted by molar-refractivity contribution is 5.82. The molecule has 94 valence electrons. The maximum Gasteiger partial charge on any atom is 0.237 e. The fourth-order valence-electron chi connectivity index (χ4n) is 1.15. The van der Waals surface area contributed by atoms with Crippen LogP contribution in [0.4, 0.5) is 0 Å². The summed E-state index contributed by atoms with van der Waals surface area (Å²) in [6.07, 6.45) is 1.18. The Hall–Kier alpha value is -1.10. The van der Waals surface area contributed by atoms with E-state index in [1.54, 1.807) is 14.1 Å². The van der Waals surface area contributed by atoms with E-state index in [1.165, 1.54) is 4.90 Å². The van der Waals surface area contributed by atoms with Crippen molar-refractivity contribution < 1.29 is 9.59 Å². The Labute approximate surface area is 97.4 Å². The summed E-state index contributed by atoms with van der Waals surface area (Å²) in [6.45, 7) is 4.28. The Balaban J connectivity index is 3.86. The van der Waals surface area contributed by atoms with Crippen LogP contribution in [0.25, 0.3) is 0 Å². The highest BCUT2D eigenvalue weighted by Gasteiger charge is 2.18. The van der Waals surface area contributed by atoms with Crippen LogP contribution in [0.3, 0.4) is 0 Å². The second-order valence-electron chi connectivity index (χ2n) is 4.24. The van der Waals surface area contributed by atoms with Gasteiger partial charge in [0.25, 0.3) is 0 Å². The van der Waals surface area contributed by atoms with Crippen LogP contribution in [-0.4, -0.2) is 43.4 Å². The lowest BCUT2D eigenvalue weighted by molar-refractivity contribution is -0.128. The molecule has 0 rings (SSSR count). The molecular weight excluding hydrogens is 206 g/mol. The molecule has 0 saturated heterocycles. The number of carbonyl (C=O) groups excluding carboxylic acids is 2. The van der Waals surface area contributed by atoms with Gasteiger partial charge in [-0.3, -0.25) is 9.59 Å². The third-order valence-corrected chi connectivity index (χ3v) is 2.70. The molecule has 2 unspecified atom stereocenters. The zero-order valence-corrected chi connectivity index (χ0v) is 10.6. The highest BCUT2D eigenvalue weighted by Crippen LogP contribution is 2.04. The van der Waals surface area contributed by atoms with Crippen LogP contribution in [-0.2, 0) is 9.59 Å². The molecule has 0 heterocycles. The molecule has 0 aliphatic heterocycles. The van der Waals surface area contributed by atoms with Gasteiger partial charge in [-0.1, -0.05) is 20.3 Å². The molecule has 0 fully saturated rings. The highest BCUT2D eigenvalue weighted by atomic mass is 16.2. The molecule has 2 amide bonds. The molecule has 16 heavy (non-hydrogen) atoms. The first-order valence-electron chi connectivity index (χ1n) is 5.63. The molecule has 2 atom stereocenters. The first kappa shape index (κ1) is 14.9. The summed E-state index contributed by atoms with van der Waals surface area (Å²) in [6, 6.07) is -0.487. The first-order valence-corrected chi connectivity index (χ1v) is 5.63. The van der Waals surface area contributed by atoms with E-state index in [0.29, 0.717) is 13.0 Å². The molecular formula is C11H23N3O2. The lowest BCUT2D eigenvalue weighted by Gasteiger charge is -2.18. The average Bonchev–Trinajstić information content (AvgIpc) is 2.26. The average molecular weight is 229 g/mol. The lowest BCUT2D eigenvalue weighted by atomic mass is 9.99. The van der Waals surface area contributed by atoms with Gasteiger partial charge in [-0.2, -0.15) is 0 Å². The van der Waals surface area contributed by atoms with Crippen molar-refractivity contribution in [1.29, 1.82) is 0 Å². The minimum atomic E-state index is -0.487. The van der Waals surface area contributed by atoms with Crippen LogP contribution in [0.15, 0.2) is 0 Å². The van der Waals surface area contributed by atoms with Crippen LogP contribution >= 0.6 is 0 Å². The number of nitrogens with zero attached hydrogens (tertiary/aromatic N) is 1. The van der Waals surface area contributed by atoms with Gasteiger partial charge in [-0.05, 0) is 5.92 Å². The number of amides is 2. The van der Waals surface area contributed by atoms with E-state index in [-0.39, 0.29) is 17.7 Å². The standard InChI is InChI=1S/C11H23N3O2/c1-5-8(2)10(12)11(16)13-7-6-9(15)14(3)4/h8,10H,5-7,12H2,1-4H3,(H,13,16). The molecule has 0 radical (unpaired) electrons. The van der Waals surface area contributed by atoms with Gasteiger partial charge in [0.1, 0.15) is 0 Å². The van der Waals surface area contributed by atoms with E-state index in [2.05, 4.69) is 5.32 Å². The quantitative estimate of drug-likeness (QED) is 0.671. The Bertz CT molecular complexity index is 241. The zero-order valence-electron chi connectivity index (χ0n) is 10.6. The van der Waals surface area contributed by atoms with Gasteiger partial charge in [-0.25, -0.2) is 0 Å². The smallest absolute Gasteiger partial charge is 0.237 e. The van der Waals surface area contributed by atoms with Crippen LogP contribution in [0.1, 0.15) is 26.7 Å². The normalized spacial score (nSPS) is 14.1.